The van der Waals surface area contributed by atoms with Crippen molar-refractivity contribution in [2.75, 3.05) is 6.54 Å². The maximum Gasteiger partial charge on any atom is 0.335 e. The summed E-state index contributed by atoms with van der Waals surface area (Å²) in [5, 5.41) is 11.8. The molecule has 0 radical (unpaired) electrons. The number of nitrogens with one attached hydrogen (secondary N) is 1. The van der Waals surface area contributed by atoms with E-state index in [1.807, 2.05) is 0 Å². The summed E-state index contributed by atoms with van der Waals surface area (Å²) in [4.78, 5) is 23.9. The third kappa shape index (κ3) is 3.99. The molecule has 0 aliphatic carbocycles. The van der Waals surface area contributed by atoms with Crippen molar-refractivity contribution in [3.8, 4) is 0 Å². The van der Waals surface area contributed by atoms with Gasteiger partial charge in [-0.25, -0.2) is 4.79 Å². The fraction of sp³-hybridized carbons (Fsp3) is 0.111. The lowest BCUT2D eigenvalue weighted by atomic mass is 10.3. The molecule has 6 nitrogen and oxygen atoms in total. The topological polar surface area (TPSA) is 91.6 Å². The maximum absolute atomic E-state index is 10.2. The third-order valence-corrected chi connectivity index (χ3v) is 1.48. The van der Waals surface area contributed by atoms with Gasteiger partial charge in [0.1, 0.15) is 0 Å². The largest absolute Gasteiger partial charge is 0.478 e. The van der Waals surface area contributed by atoms with Crippen molar-refractivity contribution < 1.29 is 14.7 Å². The van der Waals surface area contributed by atoms with Crippen molar-refractivity contribution in [1.29, 1.82) is 0 Å². The average molecular weight is 207 g/mol. The normalized spacial score (nSPS) is 12.7. The van der Waals surface area contributed by atoms with E-state index < -0.39 is 5.97 Å². The molecule has 0 saturated carbocycles. The number of aromatic carboxylic acids is 1. The summed E-state index contributed by atoms with van der Waals surface area (Å²) in [6.07, 6.45) is 4.17. The van der Waals surface area contributed by atoms with Crippen LogP contribution in [0.1, 0.15) is 10.4 Å². The van der Waals surface area contributed by atoms with Gasteiger partial charge in [-0.05, 0) is 12.1 Å². The van der Waals surface area contributed by atoms with E-state index in [2.05, 4.69) is 15.5 Å². The van der Waals surface area contributed by atoms with Gasteiger partial charge in [0.2, 0.25) is 0 Å². The van der Waals surface area contributed by atoms with Crippen molar-refractivity contribution in [2.45, 2.75) is 0 Å². The highest BCUT2D eigenvalue weighted by molar-refractivity contribution is 6.29. The number of hydrogen-bond acceptors (Lipinski definition) is 5. The Hall–Kier alpha value is -2.24. The van der Waals surface area contributed by atoms with Crippen LogP contribution < -0.4 is 5.43 Å². The Kier molecular flexibility index (Phi) is 3.96. The quantitative estimate of drug-likeness (QED) is 0.672. The van der Waals surface area contributed by atoms with E-state index in [-0.39, 0.29) is 11.3 Å². The number of carboxylic acids is 1. The lowest BCUT2D eigenvalue weighted by Crippen LogP contribution is -2.07. The fourth-order valence-electron chi connectivity index (χ4n) is 0.781. The first-order valence-electron chi connectivity index (χ1n) is 4.12. The second-order valence-electron chi connectivity index (χ2n) is 2.60. The second-order valence-corrected chi connectivity index (χ2v) is 2.60. The third-order valence-electron chi connectivity index (χ3n) is 1.48. The lowest BCUT2D eigenvalue weighted by Gasteiger charge is -1.87. The summed E-state index contributed by atoms with van der Waals surface area (Å²) >= 11 is 0. The van der Waals surface area contributed by atoms with Crippen molar-refractivity contribution >= 4 is 18.0 Å². The van der Waals surface area contributed by atoms with Crippen LogP contribution in [-0.2, 0) is 4.79 Å². The zero-order valence-electron chi connectivity index (χ0n) is 7.75. The molecule has 0 amide bonds. The Balaban J connectivity index is 0.000000162. The molecule has 0 fully saturated rings. The summed E-state index contributed by atoms with van der Waals surface area (Å²) < 4.78 is 0. The molecule has 2 heterocycles. The Bertz CT molecular complexity index is 375. The van der Waals surface area contributed by atoms with Crippen LogP contribution >= 0.6 is 0 Å². The van der Waals surface area contributed by atoms with Gasteiger partial charge in [0.05, 0.1) is 18.3 Å². The Morgan fingerprint density at radius 2 is 2.07 bits per heavy atom. The van der Waals surface area contributed by atoms with Gasteiger partial charge in [-0.1, -0.05) is 0 Å². The molecule has 78 valence electrons. The van der Waals surface area contributed by atoms with Gasteiger partial charge in [-0.2, -0.15) is 5.10 Å². The standard InChI is InChI=1S/C6H5NO2.C3H4N2O/c8-6(9)5-1-3-7-4-2-5;6-3-1-4-5-2-3/h1-4H,(H,8,9);1,5H,2H2. The molecule has 1 aliphatic heterocycles. The summed E-state index contributed by atoms with van der Waals surface area (Å²) in [5.74, 6) is -0.868. The van der Waals surface area contributed by atoms with Crippen molar-refractivity contribution in [3.05, 3.63) is 30.1 Å². The first kappa shape index (κ1) is 10.8. The van der Waals surface area contributed by atoms with E-state index in [9.17, 15) is 9.59 Å². The Morgan fingerprint density at radius 1 is 1.40 bits per heavy atom. The molecule has 0 aromatic carbocycles. The van der Waals surface area contributed by atoms with Crippen molar-refractivity contribution in [2.24, 2.45) is 5.10 Å². The Morgan fingerprint density at radius 3 is 2.33 bits per heavy atom. The average Bonchev–Trinajstić information content (AvgIpc) is 2.71. The number of rotatable bonds is 1. The minimum absolute atomic E-state index is 0.0509. The summed E-state index contributed by atoms with van der Waals surface area (Å²) in [5.41, 5.74) is 2.76. The molecule has 0 bridgehead atoms. The molecule has 1 aromatic heterocycles. The van der Waals surface area contributed by atoms with Crippen LogP contribution in [0.2, 0.25) is 0 Å². The Labute approximate surface area is 85.6 Å². The second kappa shape index (κ2) is 5.48. The number of aromatic nitrogens is 1. The molecule has 15 heavy (non-hydrogen) atoms. The van der Waals surface area contributed by atoms with Crippen molar-refractivity contribution in [3.63, 3.8) is 0 Å². The van der Waals surface area contributed by atoms with E-state index >= 15 is 0 Å². The lowest BCUT2D eigenvalue weighted by molar-refractivity contribution is -0.111. The zero-order valence-corrected chi connectivity index (χ0v) is 7.75. The predicted molar refractivity (Wildman–Crippen MR) is 52.7 cm³/mol. The highest BCUT2D eigenvalue weighted by Gasteiger charge is 1.99. The molecule has 1 aliphatic rings. The molecule has 2 rings (SSSR count). The fourth-order valence-corrected chi connectivity index (χ4v) is 0.781. The highest BCUT2D eigenvalue weighted by atomic mass is 16.4. The molecule has 0 spiro atoms. The molecular formula is C9H9N3O3. The molecule has 0 saturated heterocycles. The zero-order chi connectivity index (χ0) is 11.1. The van der Waals surface area contributed by atoms with Gasteiger partial charge in [-0.3, -0.25) is 9.78 Å². The number of pyridine rings is 1. The van der Waals surface area contributed by atoms with E-state index in [4.69, 9.17) is 5.11 Å². The molecule has 0 atom stereocenters. The van der Waals surface area contributed by atoms with Crippen molar-refractivity contribution in [1.82, 2.24) is 10.4 Å². The first-order valence-corrected chi connectivity index (χ1v) is 4.12. The van der Waals surface area contributed by atoms with Crippen LogP contribution in [0.15, 0.2) is 29.6 Å². The molecule has 0 unspecified atom stereocenters. The predicted octanol–water partition coefficient (Wildman–Crippen LogP) is -0.0757. The smallest absolute Gasteiger partial charge is 0.335 e. The highest BCUT2D eigenvalue weighted by Crippen LogP contribution is 1.93. The summed E-state index contributed by atoms with van der Waals surface area (Å²) in [7, 11) is 0. The van der Waals surface area contributed by atoms with E-state index in [1.54, 1.807) is 0 Å². The van der Waals surface area contributed by atoms with Gasteiger partial charge in [0, 0.05) is 12.4 Å². The maximum atomic E-state index is 10.2. The van der Waals surface area contributed by atoms with Crippen LogP contribution in [0.4, 0.5) is 0 Å². The molecule has 2 N–H and O–H groups in total. The van der Waals surface area contributed by atoms with Gasteiger partial charge in [0.25, 0.3) is 0 Å². The molecule has 1 aromatic rings. The van der Waals surface area contributed by atoms with E-state index in [1.165, 1.54) is 30.7 Å². The SMILES string of the molecule is O=C(O)c1ccncc1.O=C1C=NNC1. The number of nitrogens with zero attached hydrogens (tertiary/aromatic N) is 2. The summed E-state index contributed by atoms with van der Waals surface area (Å²) in [6.45, 7) is 0.375. The number of carbonyl (C=O) groups is 2. The van der Waals surface area contributed by atoms with Crippen LogP contribution in [0.5, 0.6) is 0 Å². The molecule has 6 heteroatoms. The van der Waals surface area contributed by atoms with Crippen LogP contribution in [0.25, 0.3) is 0 Å². The van der Waals surface area contributed by atoms with Gasteiger partial charge in [-0.15, -0.1) is 0 Å². The minimum atomic E-state index is -0.919. The van der Waals surface area contributed by atoms with Crippen LogP contribution in [0, 0.1) is 0 Å². The monoisotopic (exact) mass is 207 g/mol. The van der Waals surface area contributed by atoms with Crippen LogP contribution in [0.3, 0.4) is 0 Å². The van der Waals surface area contributed by atoms with E-state index in [0.717, 1.165) is 0 Å². The number of carbonyl (C=O) groups excluding carboxylic acids is 1. The number of hydrogen-bond donors (Lipinski definition) is 2. The molecular weight excluding hydrogens is 198 g/mol. The first-order chi connectivity index (χ1) is 7.20. The number of hydrazone groups is 1. The number of carboxylic acid groups (broad SMARTS) is 1. The van der Waals surface area contributed by atoms with Gasteiger partial charge >= 0.3 is 5.97 Å². The van der Waals surface area contributed by atoms with Crippen LogP contribution in [-0.4, -0.2) is 34.6 Å². The van der Waals surface area contributed by atoms with Gasteiger partial charge in [0.15, 0.2) is 5.78 Å². The minimum Gasteiger partial charge on any atom is -0.478 e. The number of ketones is 1. The number of Topliss-reactive ketones (excluding diaryl/α,β-unsaturated/α-hetero) is 1. The van der Waals surface area contributed by atoms with E-state index in [0.29, 0.717) is 6.54 Å². The van der Waals surface area contributed by atoms with Gasteiger partial charge < -0.3 is 10.5 Å². The summed E-state index contributed by atoms with van der Waals surface area (Å²) in [6, 6.07) is 2.89.